The average molecular weight is 404 g/mol. The van der Waals surface area contributed by atoms with E-state index in [1.807, 2.05) is 55.5 Å². The molecule has 0 saturated carbocycles. The normalized spacial score (nSPS) is 18.9. The predicted octanol–water partition coefficient (Wildman–Crippen LogP) is 3.30. The van der Waals surface area contributed by atoms with E-state index >= 15 is 0 Å². The number of ether oxygens (including phenoxy) is 2. The summed E-state index contributed by atoms with van der Waals surface area (Å²) in [6, 6.07) is 15.1. The van der Waals surface area contributed by atoms with E-state index in [0.717, 1.165) is 16.8 Å². The van der Waals surface area contributed by atoms with Gasteiger partial charge in [0.15, 0.2) is 0 Å². The number of hydrogen-bond donors (Lipinski definition) is 3. The van der Waals surface area contributed by atoms with Crippen molar-refractivity contribution in [2.24, 2.45) is 5.92 Å². The highest BCUT2D eigenvalue weighted by Gasteiger charge is 2.33. The standard InChI is InChI=1S/C21H26ClN3O3/c1-2-27-10-11-28-14-15-4-3-5-18(12-15)24-21(26)19-13-23-25-20(19)16-6-8-17(22)9-7-16/h3-9,12,19-20,23,25H,2,10-11,13-14H2,1H3,(H,24,26). The van der Waals surface area contributed by atoms with Crippen LogP contribution in [-0.2, 0) is 20.9 Å². The number of anilines is 1. The van der Waals surface area contributed by atoms with Crippen LogP contribution in [-0.4, -0.2) is 32.3 Å². The zero-order valence-corrected chi connectivity index (χ0v) is 16.7. The Bertz CT molecular complexity index is 770. The molecule has 0 spiro atoms. The molecular formula is C21H26ClN3O3. The summed E-state index contributed by atoms with van der Waals surface area (Å²) in [4.78, 5) is 12.8. The van der Waals surface area contributed by atoms with Crippen molar-refractivity contribution in [1.82, 2.24) is 10.9 Å². The van der Waals surface area contributed by atoms with Gasteiger partial charge in [0.05, 0.1) is 31.8 Å². The highest BCUT2D eigenvalue weighted by atomic mass is 35.5. The molecule has 6 nitrogen and oxygen atoms in total. The zero-order valence-electron chi connectivity index (χ0n) is 15.9. The Hall–Kier alpha value is -1.96. The van der Waals surface area contributed by atoms with Crippen molar-refractivity contribution >= 4 is 23.2 Å². The van der Waals surface area contributed by atoms with Gasteiger partial charge >= 0.3 is 0 Å². The lowest BCUT2D eigenvalue weighted by molar-refractivity contribution is -0.119. The Kier molecular flexibility index (Phi) is 7.82. The van der Waals surface area contributed by atoms with E-state index < -0.39 is 0 Å². The van der Waals surface area contributed by atoms with E-state index in [-0.39, 0.29) is 17.9 Å². The van der Waals surface area contributed by atoms with E-state index in [4.69, 9.17) is 21.1 Å². The molecule has 2 aromatic rings. The lowest BCUT2D eigenvalue weighted by Gasteiger charge is -2.19. The first-order chi connectivity index (χ1) is 13.7. The van der Waals surface area contributed by atoms with Crippen molar-refractivity contribution in [1.29, 1.82) is 0 Å². The van der Waals surface area contributed by atoms with E-state index in [9.17, 15) is 4.79 Å². The Morgan fingerprint density at radius 1 is 1.18 bits per heavy atom. The molecule has 3 N–H and O–H groups in total. The van der Waals surface area contributed by atoms with Gasteiger partial charge < -0.3 is 14.8 Å². The van der Waals surface area contributed by atoms with Crippen molar-refractivity contribution in [2.45, 2.75) is 19.6 Å². The van der Waals surface area contributed by atoms with Crippen LogP contribution in [0.4, 0.5) is 5.69 Å². The first kappa shape index (κ1) is 20.8. The number of halogens is 1. The second kappa shape index (κ2) is 10.5. The third-order valence-electron chi connectivity index (χ3n) is 4.59. The van der Waals surface area contributed by atoms with Crippen LogP contribution in [0.5, 0.6) is 0 Å². The molecule has 150 valence electrons. The largest absolute Gasteiger partial charge is 0.379 e. The summed E-state index contributed by atoms with van der Waals surface area (Å²) in [6.07, 6.45) is 0. The van der Waals surface area contributed by atoms with Gasteiger partial charge in [0.1, 0.15) is 0 Å². The smallest absolute Gasteiger partial charge is 0.230 e. The van der Waals surface area contributed by atoms with Crippen LogP contribution in [0.15, 0.2) is 48.5 Å². The van der Waals surface area contributed by atoms with Gasteiger partial charge in [-0.05, 0) is 42.3 Å². The topological polar surface area (TPSA) is 71.6 Å². The van der Waals surface area contributed by atoms with Gasteiger partial charge in [-0.3, -0.25) is 10.2 Å². The SMILES string of the molecule is CCOCCOCc1cccc(NC(=O)C2CNNC2c2ccc(Cl)cc2)c1. The molecule has 1 saturated heterocycles. The van der Waals surface area contributed by atoms with Crippen molar-refractivity contribution < 1.29 is 14.3 Å². The van der Waals surface area contributed by atoms with Gasteiger partial charge in [0.25, 0.3) is 0 Å². The third-order valence-corrected chi connectivity index (χ3v) is 4.84. The molecule has 0 aliphatic carbocycles. The van der Waals surface area contributed by atoms with Crippen molar-refractivity contribution in [3.63, 3.8) is 0 Å². The Morgan fingerprint density at radius 3 is 2.75 bits per heavy atom. The summed E-state index contributed by atoms with van der Waals surface area (Å²) in [6.45, 7) is 4.81. The Labute approximate surface area is 170 Å². The van der Waals surface area contributed by atoms with Crippen LogP contribution in [0.25, 0.3) is 0 Å². The molecule has 2 unspecified atom stereocenters. The van der Waals surface area contributed by atoms with Crippen LogP contribution in [0, 0.1) is 5.92 Å². The summed E-state index contributed by atoms with van der Waals surface area (Å²) in [5.41, 5.74) is 9.05. The van der Waals surface area contributed by atoms with E-state index in [1.54, 1.807) is 0 Å². The lowest BCUT2D eigenvalue weighted by Crippen LogP contribution is -2.29. The highest BCUT2D eigenvalue weighted by Crippen LogP contribution is 2.27. The van der Waals surface area contributed by atoms with Gasteiger partial charge in [0.2, 0.25) is 5.91 Å². The summed E-state index contributed by atoms with van der Waals surface area (Å²) in [5, 5.41) is 3.70. The molecule has 1 heterocycles. The molecule has 1 amide bonds. The second-order valence-electron chi connectivity index (χ2n) is 6.60. The Balaban J connectivity index is 1.57. The maximum absolute atomic E-state index is 12.8. The van der Waals surface area contributed by atoms with Crippen molar-refractivity contribution in [3.05, 3.63) is 64.7 Å². The van der Waals surface area contributed by atoms with Crippen molar-refractivity contribution in [3.8, 4) is 0 Å². The number of carbonyl (C=O) groups excluding carboxylic acids is 1. The van der Waals surface area contributed by atoms with Crippen LogP contribution in [0.1, 0.15) is 24.1 Å². The number of hydrazine groups is 1. The third kappa shape index (κ3) is 5.77. The molecule has 2 aromatic carbocycles. The molecule has 1 aliphatic heterocycles. The molecule has 3 rings (SSSR count). The van der Waals surface area contributed by atoms with Crippen LogP contribution < -0.4 is 16.2 Å². The quantitative estimate of drug-likeness (QED) is 0.560. The molecular weight excluding hydrogens is 378 g/mol. The number of carbonyl (C=O) groups is 1. The first-order valence-corrected chi connectivity index (χ1v) is 9.84. The van der Waals surface area contributed by atoms with E-state index in [2.05, 4.69) is 16.2 Å². The average Bonchev–Trinajstić information content (AvgIpc) is 3.19. The minimum Gasteiger partial charge on any atom is -0.379 e. The minimum atomic E-state index is -0.229. The number of rotatable bonds is 9. The maximum atomic E-state index is 12.8. The van der Waals surface area contributed by atoms with Crippen LogP contribution in [0.2, 0.25) is 5.02 Å². The molecule has 0 aromatic heterocycles. The minimum absolute atomic E-state index is 0.0353. The van der Waals surface area contributed by atoms with Gasteiger partial charge in [-0.25, -0.2) is 5.43 Å². The van der Waals surface area contributed by atoms with Gasteiger partial charge in [0, 0.05) is 23.9 Å². The van der Waals surface area contributed by atoms with Crippen LogP contribution in [0.3, 0.4) is 0 Å². The molecule has 1 aliphatic rings. The van der Waals surface area contributed by atoms with E-state index in [0.29, 0.717) is 38.0 Å². The summed E-state index contributed by atoms with van der Waals surface area (Å²) in [7, 11) is 0. The summed E-state index contributed by atoms with van der Waals surface area (Å²) < 4.78 is 10.9. The first-order valence-electron chi connectivity index (χ1n) is 9.46. The van der Waals surface area contributed by atoms with E-state index in [1.165, 1.54) is 0 Å². The summed E-state index contributed by atoms with van der Waals surface area (Å²) >= 11 is 5.97. The van der Waals surface area contributed by atoms with Gasteiger partial charge in [-0.15, -0.1) is 0 Å². The zero-order chi connectivity index (χ0) is 19.8. The molecule has 28 heavy (non-hydrogen) atoms. The molecule has 0 radical (unpaired) electrons. The number of hydrogen-bond acceptors (Lipinski definition) is 5. The lowest BCUT2D eigenvalue weighted by atomic mass is 9.94. The molecule has 7 heteroatoms. The summed E-state index contributed by atoms with van der Waals surface area (Å²) in [5.74, 6) is -0.265. The number of benzene rings is 2. The highest BCUT2D eigenvalue weighted by molar-refractivity contribution is 6.30. The fourth-order valence-electron chi connectivity index (χ4n) is 3.15. The Morgan fingerprint density at radius 2 is 1.96 bits per heavy atom. The van der Waals surface area contributed by atoms with Crippen LogP contribution >= 0.6 is 11.6 Å². The van der Waals surface area contributed by atoms with Gasteiger partial charge in [-0.1, -0.05) is 35.9 Å². The van der Waals surface area contributed by atoms with Gasteiger partial charge in [-0.2, -0.15) is 0 Å². The fourth-order valence-corrected chi connectivity index (χ4v) is 3.28. The second-order valence-corrected chi connectivity index (χ2v) is 7.04. The number of nitrogens with one attached hydrogen (secondary N) is 3. The predicted molar refractivity (Wildman–Crippen MR) is 110 cm³/mol. The molecule has 0 bridgehead atoms. The molecule has 2 atom stereocenters. The fraction of sp³-hybridized carbons (Fsp3) is 0.381. The maximum Gasteiger partial charge on any atom is 0.230 e. The monoisotopic (exact) mass is 403 g/mol. The molecule has 1 fully saturated rings. The number of amides is 1. The van der Waals surface area contributed by atoms with Crippen molar-refractivity contribution in [2.75, 3.05) is 31.7 Å².